The van der Waals surface area contributed by atoms with E-state index in [-0.39, 0.29) is 43.2 Å². The quantitative estimate of drug-likeness (QED) is 0.456. The van der Waals surface area contributed by atoms with Gasteiger partial charge in [-0.05, 0) is 49.4 Å². The van der Waals surface area contributed by atoms with Gasteiger partial charge in [0.2, 0.25) is 15.2 Å². The minimum absolute atomic E-state index is 0.0757. The summed E-state index contributed by atoms with van der Waals surface area (Å²) in [4.78, 5) is 30.3. The van der Waals surface area contributed by atoms with Crippen molar-refractivity contribution in [3.05, 3.63) is 48.0 Å². The average Bonchev–Trinajstić information content (AvgIpc) is 3.29. The molecular formula is C22H25N5O6S2. The third-order valence-corrected chi connectivity index (χ3v) is 8.24. The van der Waals surface area contributed by atoms with Gasteiger partial charge in [-0.2, -0.15) is 4.31 Å². The van der Waals surface area contributed by atoms with Gasteiger partial charge in [-0.25, -0.2) is 18.2 Å². The number of hydrogen-bond donors (Lipinski definition) is 2. The summed E-state index contributed by atoms with van der Waals surface area (Å²) in [6, 6.07) is 11.2. The molecule has 186 valence electrons. The minimum atomic E-state index is -3.75. The molecule has 2 aromatic carbocycles. The van der Waals surface area contributed by atoms with Crippen molar-refractivity contribution in [2.24, 2.45) is 0 Å². The van der Waals surface area contributed by atoms with Gasteiger partial charge in [-0.3, -0.25) is 15.6 Å². The molecule has 2 heterocycles. The van der Waals surface area contributed by atoms with Crippen LogP contribution in [0.1, 0.15) is 17.3 Å². The lowest BCUT2D eigenvalue weighted by Crippen LogP contribution is -2.50. The van der Waals surface area contributed by atoms with Crippen molar-refractivity contribution in [2.45, 2.75) is 11.8 Å². The van der Waals surface area contributed by atoms with E-state index in [2.05, 4.69) is 15.8 Å². The van der Waals surface area contributed by atoms with Crippen molar-refractivity contribution in [3.8, 4) is 5.75 Å². The van der Waals surface area contributed by atoms with Gasteiger partial charge in [-0.15, -0.1) is 0 Å². The Morgan fingerprint density at radius 2 is 1.80 bits per heavy atom. The molecule has 1 aliphatic rings. The summed E-state index contributed by atoms with van der Waals surface area (Å²) in [5.41, 5.74) is 6.41. The monoisotopic (exact) mass is 519 g/mol. The standard InChI is InChI=1S/C22H25N5O6S2/c1-3-33-22(29)26-10-12-27(13-11-26)35(30,31)17-7-4-15(5-8-17)20(28)24-25-21-23-18-9-6-16(32-2)14-19(18)34-21/h4-9,14H,3,10-13H2,1-2H3,(H,23,25)(H,24,28). The molecule has 0 radical (unpaired) electrons. The number of fused-ring (bicyclic) bond motifs is 1. The van der Waals surface area contributed by atoms with E-state index in [9.17, 15) is 18.0 Å². The molecule has 0 spiro atoms. The molecule has 11 nitrogen and oxygen atoms in total. The molecule has 0 saturated carbocycles. The summed E-state index contributed by atoms with van der Waals surface area (Å²) in [7, 11) is -2.17. The van der Waals surface area contributed by atoms with Crippen LogP contribution in [-0.2, 0) is 14.8 Å². The summed E-state index contributed by atoms with van der Waals surface area (Å²) < 4.78 is 38.3. The summed E-state index contributed by atoms with van der Waals surface area (Å²) in [6.07, 6.45) is -0.445. The number of hydrogen-bond acceptors (Lipinski definition) is 9. The number of aromatic nitrogens is 1. The van der Waals surface area contributed by atoms with Gasteiger partial charge in [0.1, 0.15) is 5.75 Å². The zero-order chi connectivity index (χ0) is 25.0. The summed E-state index contributed by atoms with van der Waals surface area (Å²) in [6.45, 7) is 2.83. The fourth-order valence-electron chi connectivity index (χ4n) is 3.52. The molecular weight excluding hydrogens is 494 g/mol. The summed E-state index contributed by atoms with van der Waals surface area (Å²) in [5, 5.41) is 0.503. The fourth-order valence-corrected chi connectivity index (χ4v) is 5.79. The molecule has 0 bridgehead atoms. The van der Waals surface area contributed by atoms with Crippen LogP contribution in [0.15, 0.2) is 47.4 Å². The number of rotatable bonds is 7. The molecule has 1 saturated heterocycles. The lowest BCUT2D eigenvalue weighted by molar-refractivity contribution is 0.0933. The predicted octanol–water partition coefficient (Wildman–Crippen LogP) is 2.52. The number of hydrazine groups is 1. The van der Waals surface area contributed by atoms with E-state index in [1.54, 1.807) is 20.1 Å². The molecule has 35 heavy (non-hydrogen) atoms. The number of thiazole rings is 1. The number of benzene rings is 2. The highest BCUT2D eigenvalue weighted by Gasteiger charge is 2.30. The number of nitrogens with zero attached hydrogens (tertiary/aromatic N) is 3. The van der Waals surface area contributed by atoms with E-state index in [4.69, 9.17) is 9.47 Å². The molecule has 0 aliphatic carbocycles. The highest BCUT2D eigenvalue weighted by molar-refractivity contribution is 7.89. The Labute approximate surface area is 206 Å². The third-order valence-electron chi connectivity index (χ3n) is 5.40. The van der Waals surface area contributed by atoms with E-state index in [0.29, 0.717) is 10.9 Å². The lowest BCUT2D eigenvalue weighted by atomic mass is 10.2. The van der Waals surface area contributed by atoms with Gasteiger partial charge in [0.15, 0.2) is 0 Å². The number of ether oxygens (including phenoxy) is 2. The second kappa shape index (κ2) is 10.5. The Morgan fingerprint density at radius 1 is 1.09 bits per heavy atom. The molecule has 1 aliphatic heterocycles. The maximum Gasteiger partial charge on any atom is 0.409 e. The summed E-state index contributed by atoms with van der Waals surface area (Å²) in [5.74, 6) is 0.279. The number of piperazine rings is 1. The first-order chi connectivity index (χ1) is 16.8. The van der Waals surface area contributed by atoms with E-state index < -0.39 is 22.0 Å². The van der Waals surface area contributed by atoms with Crippen molar-refractivity contribution >= 4 is 48.7 Å². The van der Waals surface area contributed by atoms with Crippen LogP contribution in [0.4, 0.5) is 9.93 Å². The number of sulfonamides is 1. The van der Waals surface area contributed by atoms with E-state index in [1.165, 1.54) is 44.8 Å². The zero-order valence-electron chi connectivity index (χ0n) is 19.2. The van der Waals surface area contributed by atoms with Gasteiger partial charge < -0.3 is 14.4 Å². The maximum absolute atomic E-state index is 13.0. The molecule has 1 fully saturated rings. The number of anilines is 1. The van der Waals surface area contributed by atoms with Crippen LogP contribution >= 0.6 is 11.3 Å². The van der Waals surface area contributed by atoms with Crippen LogP contribution < -0.4 is 15.6 Å². The van der Waals surface area contributed by atoms with Gasteiger partial charge in [0, 0.05) is 31.7 Å². The van der Waals surface area contributed by atoms with Gasteiger partial charge in [0.05, 0.1) is 28.8 Å². The highest BCUT2D eigenvalue weighted by Crippen LogP contribution is 2.28. The Balaban J connectivity index is 1.35. The van der Waals surface area contributed by atoms with Crippen molar-refractivity contribution < 1.29 is 27.5 Å². The SMILES string of the molecule is CCOC(=O)N1CCN(S(=O)(=O)c2ccc(C(=O)NNc3nc4ccc(OC)cc4s3)cc2)CC1. The zero-order valence-corrected chi connectivity index (χ0v) is 20.8. The topological polar surface area (TPSA) is 130 Å². The number of nitrogens with one attached hydrogen (secondary N) is 2. The van der Waals surface area contributed by atoms with Gasteiger partial charge >= 0.3 is 6.09 Å². The number of carbonyl (C=O) groups is 2. The minimum Gasteiger partial charge on any atom is -0.497 e. The molecule has 3 aromatic rings. The normalized spacial score (nSPS) is 14.5. The number of carbonyl (C=O) groups excluding carboxylic acids is 2. The maximum atomic E-state index is 13.0. The van der Waals surface area contributed by atoms with Crippen molar-refractivity contribution in [3.63, 3.8) is 0 Å². The predicted molar refractivity (Wildman–Crippen MR) is 131 cm³/mol. The number of methoxy groups -OCH3 is 1. The molecule has 0 unspecified atom stereocenters. The Morgan fingerprint density at radius 3 is 2.46 bits per heavy atom. The summed E-state index contributed by atoms with van der Waals surface area (Å²) >= 11 is 1.36. The molecule has 2 amide bonds. The smallest absolute Gasteiger partial charge is 0.409 e. The second-order valence-corrected chi connectivity index (χ2v) is 10.5. The molecule has 1 aromatic heterocycles. The van der Waals surface area contributed by atoms with Gasteiger partial charge in [0.25, 0.3) is 5.91 Å². The first kappa shape index (κ1) is 24.7. The highest BCUT2D eigenvalue weighted by atomic mass is 32.2. The Hall–Kier alpha value is -3.42. The van der Waals surface area contributed by atoms with Crippen LogP contribution in [0.2, 0.25) is 0 Å². The van der Waals surface area contributed by atoms with Crippen molar-refractivity contribution in [1.29, 1.82) is 0 Å². The molecule has 0 atom stereocenters. The van der Waals surface area contributed by atoms with E-state index in [0.717, 1.165) is 10.2 Å². The Kier molecular flexibility index (Phi) is 7.38. The third kappa shape index (κ3) is 5.47. The van der Waals surface area contributed by atoms with E-state index in [1.807, 2.05) is 12.1 Å². The largest absolute Gasteiger partial charge is 0.497 e. The molecule has 13 heteroatoms. The van der Waals surface area contributed by atoms with Gasteiger partial charge in [-0.1, -0.05) is 11.3 Å². The van der Waals surface area contributed by atoms with Crippen LogP contribution in [0.25, 0.3) is 10.2 Å². The lowest BCUT2D eigenvalue weighted by Gasteiger charge is -2.33. The Bertz CT molecular complexity index is 1320. The van der Waals surface area contributed by atoms with Crippen molar-refractivity contribution in [1.82, 2.24) is 19.6 Å². The number of amides is 2. The first-order valence-corrected chi connectivity index (χ1v) is 13.1. The fraction of sp³-hybridized carbons (Fsp3) is 0.318. The average molecular weight is 520 g/mol. The van der Waals surface area contributed by atoms with E-state index >= 15 is 0 Å². The van der Waals surface area contributed by atoms with Crippen LogP contribution in [0, 0.1) is 0 Å². The molecule has 2 N–H and O–H groups in total. The van der Waals surface area contributed by atoms with Crippen LogP contribution in [0.3, 0.4) is 0 Å². The second-order valence-electron chi connectivity index (χ2n) is 7.55. The van der Waals surface area contributed by atoms with Crippen molar-refractivity contribution in [2.75, 3.05) is 45.3 Å². The molecule has 4 rings (SSSR count). The first-order valence-electron chi connectivity index (χ1n) is 10.8. The van der Waals surface area contributed by atoms with Crippen LogP contribution in [0.5, 0.6) is 5.75 Å². The van der Waals surface area contributed by atoms with Crippen LogP contribution in [-0.4, -0.2) is 74.5 Å².